The Labute approximate surface area is 56.7 Å². The van der Waals surface area contributed by atoms with E-state index in [1.54, 1.807) is 0 Å². The summed E-state index contributed by atoms with van der Waals surface area (Å²) in [6.07, 6.45) is 0. The third-order valence-corrected chi connectivity index (χ3v) is 2.08. The van der Waals surface area contributed by atoms with Crippen LogP contribution in [0.4, 0.5) is 0 Å². The second kappa shape index (κ2) is 2.03. The maximum Gasteiger partial charge on any atom is 0.0405 e. The van der Waals surface area contributed by atoms with Gasteiger partial charge in [0.05, 0.1) is 0 Å². The molecule has 1 rings (SSSR count). The molecule has 0 aromatic heterocycles. The summed E-state index contributed by atoms with van der Waals surface area (Å²) >= 11 is 0. The molecule has 0 aromatic carbocycles. The Morgan fingerprint density at radius 3 is 1.89 bits per heavy atom. The molecule has 0 N–H and O–H groups in total. The van der Waals surface area contributed by atoms with Crippen LogP contribution in [0, 0.1) is 0 Å². The molecule has 0 saturated carbocycles. The predicted molar refractivity (Wildman–Crippen MR) is 38.8 cm³/mol. The molecule has 1 aliphatic heterocycles. The van der Waals surface area contributed by atoms with Gasteiger partial charge in [0.15, 0.2) is 0 Å². The average molecular weight is 126 g/mol. The zero-order valence-electron chi connectivity index (χ0n) is 6.60. The Bertz CT molecular complexity index is 149. The van der Waals surface area contributed by atoms with E-state index in [0.29, 0.717) is 0 Å². The lowest BCUT2D eigenvalue weighted by molar-refractivity contribution is 0.102. The first-order valence-electron chi connectivity index (χ1n) is 3.24. The fourth-order valence-corrected chi connectivity index (χ4v) is 1.10. The molecule has 0 aliphatic carbocycles. The van der Waals surface area contributed by atoms with Gasteiger partial charge in [0, 0.05) is 26.3 Å². The van der Waals surface area contributed by atoms with E-state index in [2.05, 4.69) is 38.0 Å². The Morgan fingerprint density at radius 2 is 1.78 bits per heavy atom. The fourth-order valence-electron chi connectivity index (χ4n) is 1.10. The molecule has 2 nitrogen and oxygen atoms in total. The normalized spacial score (nSPS) is 22.0. The van der Waals surface area contributed by atoms with Crippen molar-refractivity contribution in [2.45, 2.75) is 13.8 Å². The van der Waals surface area contributed by atoms with Crippen LogP contribution >= 0.6 is 0 Å². The van der Waals surface area contributed by atoms with Crippen LogP contribution in [0.2, 0.25) is 0 Å². The fraction of sp³-hybridized carbons (Fsp3) is 0.714. The summed E-state index contributed by atoms with van der Waals surface area (Å²) in [5, 5.41) is 4.38. The summed E-state index contributed by atoms with van der Waals surface area (Å²) in [6.45, 7) is 5.41. The molecule has 2 heteroatoms. The van der Waals surface area contributed by atoms with Gasteiger partial charge in [0.25, 0.3) is 0 Å². The minimum Gasteiger partial charge on any atom is -0.313 e. The molecule has 0 saturated heterocycles. The molecule has 0 bridgehead atoms. The molecule has 0 amide bonds. The standard InChI is InChI=1S/C7H14N2/c1-6-5-8(3)9(4)7(6)2/h5H2,1-4H3. The molecular formula is C7H14N2. The highest BCUT2D eigenvalue weighted by Crippen LogP contribution is 2.17. The van der Waals surface area contributed by atoms with Crippen molar-refractivity contribution in [3.63, 3.8) is 0 Å². The molecule has 9 heavy (non-hydrogen) atoms. The first-order chi connectivity index (χ1) is 4.13. The van der Waals surface area contributed by atoms with Crippen molar-refractivity contribution in [2.24, 2.45) is 0 Å². The highest BCUT2D eigenvalue weighted by atomic mass is 15.6. The van der Waals surface area contributed by atoms with Crippen LogP contribution in [0.3, 0.4) is 0 Å². The van der Waals surface area contributed by atoms with E-state index in [1.807, 2.05) is 0 Å². The van der Waals surface area contributed by atoms with Crippen molar-refractivity contribution in [3.8, 4) is 0 Å². The molecule has 52 valence electrons. The van der Waals surface area contributed by atoms with Gasteiger partial charge in [-0.3, -0.25) is 0 Å². The molecule has 0 aromatic rings. The summed E-state index contributed by atoms with van der Waals surface area (Å²) in [7, 11) is 4.19. The number of hydrazine groups is 1. The van der Waals surface area contributed by atoms with E-state index in [1.165, 1.54) is 11.3 Å². The molecule has 1 heterocycles. The summed E-state index contributed by atoms with van der Waals surface area (Å²) in [5.74, 6) is 0. The first-order valence-corrected chi connectivity index (χ1v) is 3.24. The summed E-state index contributed by atoms with van der Waals surface area (Å²) in [6, 6.07) is 0. The molecule has 0 radical (unpaired) electrons. The first kappa shape index (κ1) is 6.62. The van der Waals surface area contributed by atoms with Crippen molar-refractivity contribution < 1.29 is 0 Å². The van der Waals surface area contributed by atoms with Gasteiger partial charge in [-0.05, 0) is 19.4 Å². The van der Waals surface area contributed by atoms with Crippen LogP contribution in [0.1, 0.15) is 13.8 Å². The Balaban J connectivity index is 2.74. The van der Waals surface area contributed by atoms with E-state index in [0.717, 1.165) is 6.54 Å². The van der Waals surface area contributed by atoms with Gasteiger partial charge < -0.3 is 5.01 Å². The monoisotopic (exact) mass is 126 g/mol. The third-order valence-electron chi connectivity index (χ3n) is 2.08. The second-order valence-electron chi connectivity index (χ2n) is 2.71. The topological polar surface area (TPSA) is 6.48 Å². The summed E-state index contributed by atoms with van der Waals surface area (Å²) in [5.41, 5.74) is 2.86. The third kappa shape index (κ3) is 0.944. The number of allylic oxidation sites excluding steroid dienone is 1. The van der Waals surface area contributed by atoms with Crippen LogP contribution in [0.5, 0.6) is 0 Å². The molecular weight excluding hydrogens is 112 g/mol. The number of hydrogen-bond acceptors (Lipinski definition) is 2. The van der Waals surface area contributed by atoms with Gasteiger partial charge in [0.2, 0.25) is 0 Å². The van der Waals surface area contributed by atoms with E-state index in [-0.39, 0.29) is 0 Å². The maximum atomic E-state index is 2.20. The molecule has 0 fully saturated rings. The molecule has 1 aliphatic rings. The molecule has 0 unspecified atom stereocenters. The van der Waals surface area contributed by atoms with E-state index in [9.17, 15) is 0 Å². The number of rotatable bonds is 0. The number of likely N-dealkylation sites (N-methyl/N-ethyl adjacent to an activating group) is 1. The van der Waals surface area contributed by atoms with Crippen LogP contribution < -0.4 is 0 Å². The van der Waals surface area contributed by atoms with Gasteiger partial charge in [-0.1, -0.05) is 0 Å². The zero-order valence-corrected chi connectivity index (χ0v) is 6.60. The lowest BCUT2D eigenvalue weighted by atomic mass is 10.3. The Morgan fingerprint density at radius 1 is 1.22 bits per heavy atom. The lowest BCUT2D eigenvalue weighted by Crippen LogP contribution is -2.29. The predicted octanol–water partition coefficient (Wildman–Crippen LogP) is 1.07. The highest BCUT2D eigenvalue weighted by Gasteiger charge is 2.16. The second-order valence-corrected chi connectivity index (χ2v) is 2.71. The van der Waals surface area contributed by atoms with E-state index >= 15 is 0 Å². The highest BCUT2D eigenvalue weighted by molar-refractivity contribution is 5.13. The van der Waals surface area contributed by atoms with Crippen molar-refractivity contribution in [2.75, 3.05) is 20.6 Å². The molecule has 0 spiro atoms. The zero-order chi connectivity index (χ0) is 7.02. The van der Waals surface area contributed by atoms with E-state index < -0.39 is 0 Å². The van der Waals surface area contributed by atoms with Crippen molar-refractivity contribution >= 4 is 0 Å². The van der Waals surface area contributed by atoms with Gasteiger partial charge in [-0.2, -0.15) is 0 Å². The van der Waals surface area contributed by atoms with Crippen molar-refractivity contribution in [1.29, 1.82) is 0 Å². The summed E-state index contributed by atoms with van der Waals surface area (Å²) in [4.78, 5) is 0. The van der Waals surface area contributed by atoms with Gasteiger partial charge in [-0.15, -0.1) is 0 Å². The largest absolute Gasteiger partial charge is 0.313 e. The van der Waals surface area contributed by atoms with Crippen molar-refractivity contribution in [1.82, 2.24) is 10.0 Å². The Kier molecular flexibility index (Phi) is 1.49. The van der Waals surface area contributed by atoms with Crippen molar-refractivity contribution in [3.05, 3.63) is 11.3 Å². The van der Waals surface area contributed by atoms with Gasteiger partial charge in [0.1, 0.15) is 0 Å². The quantitative estimate of drug-likeness (QED) is 0.479. The average Bonchev–Trinajstić information content (AvgIpc) is 1.98. The Hall–Kier alpha value is -0.500. The SMILES string of the molecule is CC1=C(C)N(C)N(C)C1. The number of nitrogens with zero attached hydrogens (tertiary/aromatic N) is 2. The minimum absolute atomic E-state index is 1.09. The van der Waals surface area contributed by atoms with Crippen LogP contribution in [0.15, 0.2) is 11.3 Å². The van der Waals surface area contributed by atoms with Crippen LogP contribution in [-0.4, -0.2) is 30.7 Å². The summed E-state index contributed by atoms with van der Waals surface area (Å²) < 4.78 is 0. The smallest absolute Gasteiger partial charge is 0.0405 e. The maximum absolute atomic E-state index is 2.20. The lowest BCUT2D eigenvalue weighted by Gasteiger charge is -2.22. The van der Waals surface area contributed by atoms with Gasteiger partial charge in [-0.25, -0.2) is 5.01 Å². The van der Waals surface area contributed by atoms with Crippen LogP contribution in [0.25, 0.3) is 0 Å². The van der Waals surface area contributed by atoms with Gasteiger partial charge >= 0.3 is 0 Å². The number of hydrogen-bond donors (Lipinski definition) is 0. The van der Waals surface area contributed by atoms with Crippen LogP contribution in [-0.2, 0) is 0 Å². The minimum atomic E-state index is 1.09. The van der Waals surface area contributed by atoms with E-state index in [4.69, 9.17) is 0 Å². The molecule has 0 atom stereocenters.